The second kappa shape index (κ2) is 6.44. The van der Waals surface area contributed by atoms with Crippen molar-refractivity contribution in [1.82, 2.24) is 10.3 Å². The van der Waals surface area contributed by atoms with Gasteiger partial charge in [-0.05, 0) is 18.4 Å². The molecule has 0 bridgehead atoms. The molecule has 0 saturated heterocycles. The molecule has 0 aliphatic carbocycles. The summed E-state index contributed by atoms with van der Waals surface area (Å²) in [6, 6.07) is 1.75. The van der Waals surface area contributed by atoms with E-state index in [2.05, 4.69) is 15.6 Å². The number of carbonyl (C=O) groups excluding carboxylic acids is 2. The number of hydrogen-bond acceptors (Lipinski definition) is 5. The molecular weight excluding hydrogens is 282 g/mol. The average molecular weight is 295 g/mol. The van der Waals surface area contributed by atoms with Crippen molar-refractivity contribution in [3.05, 3.63) is 33.5 Å². The molecule has 5 nitrogen and oxygen atoms in total. The van der Waals surface area contributed by atoms with Crippen LogP contribution >= 0.6 is 22.7 Å². The number of carbonyl (C=O) groups is 2. The van der Waals surface area contributed by atoms with Crippen LogP contribution in [0.4, 0.5) is 5.13 Å². The normalized spacial score (nSPS) is 10.2. The van der Waals surface area contributed by atoms with E-state index in [0.717, 1.165) is 0 Å². The first-order chi connectivity index (χ1) is 9.19. The van der Waals surface area contributed by atoms with Gasteiger partial charge in [0.05, 0.1) is 17.7 Å². The van der Waals surface area contributed by atoms with Crippen LogP contribution in [0.25, 0.3) is 0 Å². The third kappa shape index (κ3) is 3.87. The average Bonchev–Trinajstić information content (AvgIpc) is 3.00. The van der Waals surface area contributed by atoms with Gasteiger partial charge in [0.1, 0.15) is 0 Å². The van der Waals surface area contributed by atoms with Crippen LogP contribution in [0.5, 0.6) is 0 Å². The second-order valence-corrected chi connectivity index (χ2v) is 5.38. The number of thiophene rings is 1. The van der Waals surface area contributed by atoms with E-state index < -0.39 is 0 Å². The van der Waals surface area contributed by atoms with Gasteiger partial charge in [0, 0.05) is 17.3 Å². The summed E-state index contributed by atoms with van der Waals surface area (Å²) in [6.45, 7) is 2.47. The van der Waals surface area contributed by atoms with Gasteiger partial charge in [-0.25, -0.2) is 4.98 Å². The predicted octanol–water partition coefficient (Wildman–Crippen LogP) is 2.14. The van der Waals surface area contributed by atoms with Gasteiger partial charge < -0.3 is 5.32 Å². The van der Waals surface area contributed by atoms with Gasteiger partial charge in [0.2, 0.25) is 5.91 Å². The fourth-order valence-electron chi connectivity index (χ4n) is 1.43. The number of amides is 2. The minimum Gasteiger partial charge on any atom is -0.356 e. The van der Waals surface area contributed by atoms with E-state index in [4.69, 9.17) is 0 Å². The Morgan fingerprint density at radius 1 is 1.37 bits per heavy atom. The molecule has 2 aromatic rings. The molecule has 0 spiro atoms. The Labute approximate surface area is 118 Å². The van der Waals surface area contributed by atoms with Crippen molar-refractivity contribution in [2.24, 2.45) is 0 Å². The van der Waals surface area contributed by atoms with E-state index in [0.29, 0.717) is 22.9 Å². The summed E-state index contributed by atoms with van der Waals surface area (Å²) in [6.07, 6.45) is 0.235. The minimum atomic E-state index is -0.180. The second-order valence-electron chi connectivity index (χ2n) is 3.74. The van der Waals surface area contributed by atoms with Crippen LogP contribution in [0.2, 0.25) is 0 Å². The van der Waals surface area contributed by atoms with Crippen molar-refractivity contribution in [3.63, 3.8) is 0 Å². The van der Waals surface area contributed by atoms with E-state index in [1.54, 1.807) is 16.8 Å². The van der Waals surface area contributed by atoms with E-state index >= 15 is 0 Å². The van der Waals surface area contributed by atoms with Crippen LogP contribution < -0.4 is 10.6 Å². The van der Waals surface area contributed by atoms with Crippen LogP contribution in [-0.2, 0) is 11.2 Å². The highest BCUT2D eigenvalue weighted by Gasteiger charge is 2.10. The van der Waals surface area contributed by atoms with Crippen molar-refractivity contribution in [1.29, 1.82) is 0 Å². The van der Waals surface area contributed by atoms with E-state index in [1.807, 2.05) is 12.3 Å². The maximum atomic E-state index is 11.8. The number of rotatable bonds is 5. The van der Waals surface area contributed by atoms with Crippen molar-refractivity contribution in [2.45, 2.75) is 13.3 Å². The third-order valence-corrected chi connectivity index (χ3v) is 3.76. The number of aromatic nitrogens is 1. The Kier molecular flexibility index (Phi) is 4.64. The Morgan fingerprint density at radius 3 is 2.89 bits per heavy atom. The smallest absolute Gasteiger partial charge is 0.258 e. The molecule has 0 saturated carbocycles. The molecule has 0 aliphatic rings. The topological polar surface area (TPSA) is 71.1 Å². The predicted molar refractivity (Wildman–Crippen MR) is 76.8 cm³/mol. The van der Waals surface area contributed by atoms with Crippen molar-refractivity contribution in [2.75, 3.05) is 11.9 Å². The lowest BCUT2D eigenvalue weighted by Gasteiger charge is -1.99. The summed E-state index contributed by atoms with van der Waals surface area (Å²) in [5.74, 6) is -0.247. The van der Waals surface area contributed by atoms with E-state index in [9.17, 15) is 9.59 Å². The molecule has 2 amide bonds. The number of likely N-dealkylation sites (N-methyl/N-ethyl adjacent to an activating group) is 1. The molecule has 2 heterocycles. The number of anilines is 1. The molecule has 0 aliphatic heterocycles. The van der Waals surface area contributed by atoms with Gasteiger partial charge in [-0.3, -0.25) is 14.9 Å². The molecule has 2 N–H and O–H groups in total. The maximum absolute atomic E-state index is 11.8. The monoisotopic (exact) mass is 295 g/mol. The molecule has 0 unspecified atom stereocenters. The maximum Gasteiger partial charge on any atom is 0.258 e. The van der Waals surface area contributed by atoms with Crippen molar-refractivity contribution in [3.8, 4) is 0 Å². The largest absolute Gasteiger partial charge is 0.356 e. The summed E-state index contributed by atoms with van der Waals surface area (Å²) >= 11 is 2.78. The summed E-state index contributed by atoms with van der Waals surface area (Å²) in [7, 11) is 0. The summed E-state index contributed by atoms with van der Waals surface area (Å²) in [5.41, 5.74) is 1.28. The van der Waals surface area contributed by atoms with Crippen molar-refractivity contribution < 1.29 is 9.59 Å². The number of hydrogen-bond donors (Lipinski definition) is 2. The summed E-state index contributed by atoms with van der Waals surface area (Å²) in [5, 5.41) is 11.3. The Morgan fingerprint density at radius 2 is 2.21 bits per heavy atom. The molecule has 7 heteroatoms. The highest BCUT2D eigenvalue weighted by Crippen LogP contribution is 2.17. The van der Waals surface area contributed by atoms with Gasteiger partial charge in [-0.2, -0.15) is 11.3 Å². The van der Waals surface area contributed by atoms with Crippen molar-refractivity contribution >= 4 is 39.6 Å². The van der Waals surface area contributed by atoms with Crippen LogP contribution in [0.15, 0.2) is 22.2 Å². The molecule has 19 heavy (non-hydrogen) atoms. The standard InChI is InChI=1S/C12H13N3O2S2/c1-2-13-10(16)5-9-7-19-12(14-9)15-11(17)8-3-4-18-6-8/h3-4,6-7H,2,5H2,1H3,(H,13,16)(H,14,15,17). The fraction of sp³-hybridized carbons (Fsp3) is 0.250. The fourth-order valence-corrected chi connectivity index (χ4v) is 2.77. The Bertz CT molecular complexity index is 563. The van der Waals surface area contributed by atoms with Gasteiger partial charge >= 0.3 is 0 Å². The zero-order valence-corrected chi connectivity index (χ0v) is 11.9. The molecule has 0 aromatic carbocycles. The molecular formula is C12H13N3O2S2. The summed E-state index contributed by atoms with van der Waals surface area (Å²) < 4.78 is 0. The van der Waals surface area contributed by atoms with Gasteiger partial charge in [-0.1, -0.05) is 0 Å². The lowest BCUT2D eigenvalue weighted by atomic mass is 10.3. The van der Waals surface area contributed by atoms with Gasteiger partial charge in [0.25, 0.3) is 5.91 Å². The molecule has 0 fully saturated rings. The van der Waals surface area contributed by atoms with E-state index in [-0.39, 0.29) is 18.2 Å². The molecule has 2 rings (SSSR count). The van der Waals surface area contributed by atoms with Crippen LogP contribution in [0.1, 0.15) is 23.0 Å². The Balaban J connectivity index is 1.94. The van der Waals surface area contributed by atoms with Crippen LogP contribution in [0.3, 0.4) is 0 Å². The van der Waals surface area contributed by atoms with Gasteiger partial charge in [-0.15, -0.1) is 11.3 Å². The van der Waals surface area contributed by atoms with Gasteiger partial charge in [0.15, 0.2) is 5.13 Å². The quantitative estimate of drug-likeness (QED) is 0.887. The Hall–Kier alpha value is -1.73. The summed E-state index contributed by atoms with van der Waals surface area (Å²) in [4.78, 5) is 27.4. The number of thiazole rings is 1. The first-order valence-electron chi connectivity index (χ1n) is 5.73. The molecule has 2 aromatic heterocycles. The highest BCUT2D eigenvalue weighted by molar-refractivity contribution is 7.14. The lowest BCUT2D eigenvalue weighted by molar-refractivity contribution is -0.120. The first-order valence-corrected chi connectivity index (χ1v) is 7.56. The minimum absolute atomic E-state index is 0.0662. The number of nitrogens with one attached hydrogen (secondary N) is 2. The SMILES string of the molecule is CCNC(=O)Cc1csc(NC(=O)c2ccsc2)n1. The zero-order valence-electron chi connectivity index (χ0n) is 10.3. The lowest BCUT2D eigenvalue weighted by Crippen LogP contribution is -2.24. The molecule has 0 atom stereocenters. The van der Waals surface area contributed by atoms with E-state index in [1.165, 1.54) is 22.7 Å². The van der Waals surface area contributed by atoms with Crippen LogP contribution in [0, 0.1) is 0 Å². The first kappa shape index (κ1) is 13.7. The number of nitrogens with zero attached hydrogens (tertiary/aromatic N) is 1. The highest BCUT2D eigenvalue weighted by atomic mass is 32.1. The van der Waals surface area contributed by atoms with Crippen LogP contribution in [-0.4, -0.2) is 23.3 Å². The molecule has 100 valence electrons. The molecule has 0 radical (unpaired) electrons. The zero-order chi connectivity index (χ0) is 13.7. The third-order valence-electron chi connectivity index (χ3n) is 2.27.